The van der Waals surface area contributed by atoms with Crippen molar-refractivity contribution in [1.29, 1.82) is 0 Å². The van der Waals surface area contributed by atoms with Crippen molar-refractivity contribution >= 4 is 11.2 Å². The van der Waals surface area contributed by atoms with Crippen molar-refractivity contribution in [2.24, 2.45) is 0 Å². The Bertz CT molecular complexity index is 501. The molecule has 0 aliphatic carbocycles. The summed E-state index contributed by atoms with van der Waals surface area (Å²) in [5.74, 6) is 0.373. The van der Waals surface area contributed by atoms with Crippen LogP contribution in [-0.4, -0.2) is 45.1 Å². The highest BCUT2D eigenvalue weighted by atomic mass is 15.2. The highest BCUT2D eigenvalue weighted by Gasteiger charge is 2.12. The Kier molecular flexibility index (Phi) is 3.38. The SMILES string of the molecule is CC(C)c1ncnc2c1ncn2CCN(C)C. The second-order valence-corrected chi connectivity index (χ2v) is 4.83. The smallest absolute Gasteiger partial charge is 0.163 e. The molecule has 2 heterocycles. The number of hydrogen-bond donors (Lipinski definition) is 0. The van der Waals surface area contributed by atoms with Crippen LogP contribution in [0, 0.1) is 0 Å². The molecule has 0 saturated carbocycles. The molecule has 0 spiro atoms. The first kappa shape index (κ1) is 12.0. The lowest BCUT2D eigenvalue weighted by Gasteiger charge is -2.10. The standard InChI is InChI=1S/C12H19N5/c1-9(2)10-11-12(14-7-13-10)17(8-15-11)6-5-16(3)4/h7-9H,5-6H2,1-4H3. The average Bonchev–Trinajstić information content (AvgIpc) is 2.68. The third-order valence-corrected chi connectivity index (χ3v) is 2.76. The van der Waals surface area contributed by atoms with Crippen molar-refractivity contribution in [3.63, 3.8) is 0 Å². The molecule has 0 bridgehead atoms. The van der Waals surface area contributed by atoms with Crippen LogP contribution in [-0.2, 0) is 6.54 Å². The first-order valence-electron chi connectivity index (χ1n) is 5.90. The molecule has 0 aliphatic heterocycles. The largest absolute Gasteiger partial charge is 0.314 e. The Morgan fingerprint density at radius 2 is 2.00 bits per heavy atom. The number of nitrogens with zero attached hydrogens (tertiary/aromatic N) is 5. The zero-order chi connectivity index (χ0) is 12.4. The van der Waals surface area contributed by atoms with E-state index >= 15 is 0 Å². The molecular weight excluding hydrogens is 214 g/mol. The first-order chi connectivity index (χ1) is 8.09. The first-order valence-corrected chi connectivity index (χ1v) is 5.90. The molecule has 0 fully saturated rings. The van der Waals surface area contributed by atoms with Gasteiger partial charge in [-0.25, -0.2) is 15.0 Å². The summed E-state index contributed by atoms with van der Waals surface area (Å²) >= 11 is 0. The Hall–Kier alpha value is -1.49. The number of hydrogen-bond acceptors (Lipinski definition) is 4. The summed E-state index contributed by atoms with van der Waals surface area (Å²) in [6.07, 6.45) is 3.49. The summed E-state index contributed by atoms with van der Waals surface area (Å²) in [7, 11) is 4.13. The van der Waals surface area contributed by atoms with E-state index < -0.39 is 0 Å². The molecule has 92 valence electrons. The number of rotatable bonds is 4. The molecule has 5 nitrogen and oxygen atoms in total. The molecule has 2 aromatic heterocycles. The number of imidazole rings is 1. The van der Waals surface area contributed by atoms with Crippen molar-refractivity contribution in [2.75, 3.05) is 20.6 Å². The predicted molar refractivity (Wildman–Crippen MR) is 68.0 cm³/mol. The van der Waals surface area contributed by atoms with Gasteiger partial charge in [-0.1, -0.05) is 13.8 Å². The van der Waals surface area contributed by atoms with Gasteiger partial charge in [0, 0.05) is 13.1 Å². The Morgan fingerprint density at radius 3 is 2.65 bits per heavy atom. The number of likely N-dealkylation sites (N-methyl/N-ethyl adjacent to an activating group) is 1. The van der Waals surface area contributed by atoms with E-state index in [0.29, 0.717) is 5.92 Å². The van der Waals surface area contributed by atoms with Crippen molar-refractivity contribution in [3.8, 4) is 0 Å². The zero-order valence-corrected chi connectivity index (χ0v) is 10.9. The molecular formula is C12H19N5. The third kappa shape index (κ3) is 2.44. The molecule has 0 aromatic carbocycles. The molecule has 2 aromatic rings. The number of fused-ring (bicyclic) bond motifs is 1. The van der Waals surface area contributed by atoms with Crippen molar-refractivity contribution in [3.05, 3.63) is 18.3 Å². The summed E-state index contributed by atoms with van der Waals surface area (Å²) in [4.78, 5) is 15.2. The minimum absolute atomic E-state index is 0.373. The highest BCUT2D eigenvalue weighted by molar-refractivity contribution is 5.73. The van der Waals surface area contributed by atoms with Gasteiger partial charge < -0.3 is 9.47 Å². The molecule has 0 atom stereocenters. The van der Waals surface area contributed by atoms with Gasteiger partial charge in [-0.3, -0.25) is 0 Å². The van der Waals surface area contributed by atoms with E-state index in [-0.39, 0.29) is 0 Å². The van der Waals surface area contributed by atoms with E-state index in [1.807, 2.05) is 6.33 Å². The number of aromatic nitrogens is 4. The van der Waals surface area contributed by atoms with Crippen LogP contribution in [0.5, 0.6) is 0 Å². The summed E-state index contributed by atoms with van der Waals surface area (Å²) in [5.41, 5.74) is 2.89. The maximum Gasteiger partial charge on any atom is 0.163 e. The quantitative estimate of drug-likeness (QED) is 0.803. The zero-order valence-electron chi connectivity index (χ0n) is 10.9. The fourth-order valence-electron chi connectivity index (χ4n) is 1.79. The van der Waals surface area contributed by atoms with Crippen LogP contribution < -0.4 is 0 Å². The van der Waals surface area contributed by atoms with Gasteiger partial charge in [0.15, 0.2) is 5.65 Å². The fourth-order valence-corrected chi connectivity index (χ4v) is 1.79. The fraction of sp³-hybridized carbons (Fsp3) is 0.583. The monoisotopic (exact) mass is 233 g/mol. The van der Waals surface area contributed by atoms with Crippen molar-refractivity contribution < 1.29 is 0 Å². The molecule has 2 rings (SSSR count). The molecule has 0 saturated heterocycles. The van der Waals surface area contributed by atoms with Crippen molar-refractivity contribution in [1.82, 2.24) is 24.4 Å². The molecule has 0 aliphatic rings. The van der Waals surface area contributed by atoms with Gasteiger partial charge in [-0.05, 0) is 20.0 Å². The van der Waals surface area contributed by atoms with Crippen LogP contribution in [0.25, 0.3) is 11.2 Å². The van der Waals surface area contributed by atoms with Crippen molar-refractivity contribution in [2.45, 2.75) is 26.3 Å². The van der Waals surface area contributed by atoms with E-state index in [1.54, 1.807) is 6.33 Å². The van der Waals surface area contributed by atoms with Gasteiger partial charge in [0.1, 0.15) is 11.8 Å². The summed E-state index contributed by atoms with van der Waals surface area (Å²) in [6.45, 7) is 6.13. The lowest BCUT2D eigenvalue weighted by molar-refractivity contribution is 0.386. The van der Waals surface area contributed by atoms with Crippen LogP contribution in [0.2, 0.25) is 0 Å². The second kappa shape index (κ2) is 4.79. The Balaban J connectivity index is 2.37. The maximum atomic E-state index is 4.44. The summed E-state index contributed by atoms with van der Waals surface area (Å²) in [5, 5.41) is 0. The van der Waals surface area contributed by atoms with E-state index in [4.69, 9.17) is 0 Å². The Morgan fingerprint density at radius 1 is 1.24 bits per heavy atom. The average molecular weight is 233 g/mol. The van der Waals surface area contributed by atoms with Gasteiger partial charge in [0.2, 0.25) is 0 Å². The van der Waals surface area contributed by atoms with Crippen LogP contribution >= 0.6 is 0 Å². The van der Waals surface area contributed by atoms with Gasteiger partial charge in [-0.2, -0.15) is 0 Å². The van der Waals surface area contributed by atoms with Gasteiger partial charge in [-0.15, -0.1) is 0 Å². The Labute approximate surface area is 102 Å². The topological polar surface area (TPSA) is 46.8 Å². The van der Waals surface area contributed by atoms with E-state index in [9.17, 15) is 0 Å². The van der Waals surface area contributed by atoms with E-state index in [0.717, 1.165) is 29.9 Å². The lowest BCUT2D eigenvalue weighted by atomic mass is 10.1. The molecule has 17 heavy (non-hydrogen) atoms. The van der Waals surface area contributed by atoms with Gasteiger partial charge in [0.25, 0.3) is 0 Å². The molecule has 0 amide bonds. The lowest BCUT2D eigenvalue weighted by Crippen LogP contribution is -2.18. The van der Waals surface area contributed by atoms with E-state index in [1.165, 1.54) is 0 Å². The van der Waals surface area contributed by atoms with Crippen LogP contribution in [0.15, 0.2) is 12.7 Å². The molecule has 0 radical (unpaired) electrons. The molecule has 0 unspecified atom stereocenters. The third-order valence-electron chi connectivity index (χ3n) is 2.76. The van der Waals surface area contributed by atoms with Crippen LogP contribution in [0.4, 0.5) is 0 Å². The minimum atomic E-state index is 0.373. The minimum Gasteiger partial charge on any atom is -0.314 e. The molecule has 0 N–H and O–H groups in total. The molecule has 5 heteroatoms. The van der Waals surface area contributed by atoms with Crippen LogP contribution in [0.3, 0.4) is 0 Å². The van der Waals surface area contributed by atoms with E-state index in [2.05, 4.69) is 52.4 Å². The summed E-state index contributed by atoms with van der Waals surface area (Å²) < 4.78 is 2.09. The van der Waals surface area contributed by atoms with Crippen LogP contribution in [0.1, 0.15) is 25.5 Å². The van der Waals surface area contributed by atoms with Gasteiger partial charge in [0.05, 0.1) is 12.0 Å². The predicted octanol–water partition coefficient (Wildman–Crippen LogP) is 1.51. The second-order valence-electron chi connectivity index (χ2n) is 4.83. The maximum absolute atomic E-state index is 4.44. The summed E-state index contributed by atoms with van der Waals surface area (Å²) in [6, 6.07) is 0. The normalized spacial score (nSPS) is 11.9. The van der Waals surface area contributed by atoms with Gasteiger partial charge >= 0.3 is 0 Å². The highest BCUT2D eigenvalue weighted by Crippen LogP contribution is 2.19.